The van der Waals surface area contributed by atoms with E-state index in [1.54, 1.807) is 6.07 Å². The number of anilines is 1. The lowest BCUT2D eigenvalue weighted by Gasteiger charge is -2.18. The van der Waals surface area contributed by atoms with Gasteiger partial charge in [-0.25, -0.2) is 4.79 Å². The zero-order valence-electron chi connectivity index (χ0n) is 9.67. The summed E-state index contributed by atoms with van der Waals surface area (Å²) in [4.78, 5) is 35.1. The van der Waals surface area contributed by atoms with E-state index in [0.29, 0.717) is 0 Å². The molecule has 0 aromatic heterocycles. The fraction of sp³-hybridized carbons (Fsp3) is 0.250. The molecule has 1 aromatic rings. The zero-order chi connectivity index (χ0) is 14.2. The van der Waals surface area contributed by atoms with Gasteiger partial charge in [-0.05, 0) is 40.8 Å². The number of carbonyl (C=O) groups excluding carboxylic acids is 1. The number of carboxylic acid groups (broad SMARTS) is 2. The van der Waals surface area contributed by atoms with Gasteiger partial charge in [0.1, 0.15) is 0 Å². The number of amides is 1. The van der Waals surface area contributed by atoms with Crippen molar-refractivity contribution in [1.29, 1.82) is 0 Å². The van der Waals surface area contributed by atoms with Gasteiger partial charge in [0, 0.05) is 16.5 Å². The minimum Gasteiger partial charge on any atom is -0.481 e. The van der Waals surface area contributed by atoms with E-state index in [0.717, 1.165) is 3.57 Å². The number of carbonyl (C=O) groups is 3. The van der Waals surface area contributed by atoms with Crippen LogP contribution in [0.15, 0.2) is 18.2 Å². The van der Waals surface area contributed by atoms with E-state index in [-0.39, 0.29) is 30.1 Å². The Morgan fingerprint density at radius 1 is 1.32 bits per heavy atom. The molecule has 7 heteroatoms. The van der Waals surface area contributed by atoms with Crippen molar-refractivity contribution < 1.29 is 24.6 Å². The lowest BCUT2D eigenvalue weighted by molar-refractivity contribution is -0.141. The second-order valence-corrected chi connectivity index (χ2v) is 5.46. The van der Waals surface area contributed by atoms with Gasteiger partial charge in [0.2, 0.25) is 5.91 Å². The number of carboxylic acids is 2. The fourth-order valence-corrected chi connectivity index (χ4v) is 2.51. The number of aliphatic carboxylic acids is 1. The topological polar surface area (TPSA) is 94.9 Å². The molecule has 1 unspecified atom stereocenters. The van der Waals surface area contributed by atoms with Crippen LogP contribution in [-0.4, -0.2) is 34.6 Å². The number of hydrogen-bond acceptors (Lipinski definition) is 3. The van der Waals surface area contributed by atoms with Crippen molar-refractivity contribution >= 4 is 46.1 Å². The predicted molar refractivity (Wildman–Crippen MR) is 74.2 cm³/mol. The summed E-state index contributed by atoms with van der Waals surface area (Å²) in [6, 6.07) is 4.68. The smallest absolute Gasteiger partial charge is 0.337 e. The summed E-state index contributed by atoms with van der Waals surface area (Å²) in [6.45, 7) is 0.00897. The molecule has 0 bridgehead atoms. The van der Waals surface area contributed by atoms with Crippen molar-refractivity contribution in [3.05, 3.63) is 27.3 Å². The maximum absolute atomic E-state index is 11.8. The summed E-state index contributed by atoms with van der Waals surface area (Å²) in [5, 5.41) is 18.1. The molecular weight excluding hydrogens is 365 g/mol. The molecule has 2 rings (SSSR count). The Morgan fingerprint density at radius 3 is 2.53 bits per heavy atom. The number of rotatable bonds is 3. The van der Waals surface area contributed by atoms with Crippen molar-refractivity contribution in [3.8, 4) is 0 Å². The summed E-state index contributed by atoms with van der Waals surface area (Å²) in [5.41, 5.74) is 0.257. The average Bonchev–Trinajstić information content (AvgIpc) is 2.71. The molecule has 1 amide bonds. The van der Waals surface area contributed by atoms with Crippen LogP contribution >= 0.6 is 22.6 Å². The minimum absolute atomic E-state index is 0.00582. The Bertz CT molecular complexity index is 571. The molecule has 1 aliphatic heterocycles. The van der Waals surface area contributed by atoms with Gasteiger partial charge in [-0.1, -0.05) is 0 Å². The molecule has 1 aromatic carbocycles. The van der Waals surface area contributed by atoms with Crippen LogP contribution in [0, 0.1) is 9.49 Å². The number of halogens is 1. The quantitative estimate of drug-likeness (QED) is 0.780. The van der Waals surface area contributed by atoms with Crippen molar-refractivity contribution in [2.24, 2.45) is 5.92 Å². The van der Waals surface area contributed by atoms with Crippen molar-refractivity contribution in [2.75, 3.05) is 11.4 Å². The molecule has 2 N–H and O–H groups in total. The highest BCUT2D eigenvalue weighted by Crippen LogP contribution is 2.29. The molecule has 100 valence electrons. The van der Waals surface area contributed by atoms with Crippen LogP contribution in [0.2, 0.25) is 0 Å². The number of nitrogens with zero attached hydrogens (tertiary/aromatic N) is 1. The van der Waals surface area contributed by atoms with Crippen LogP contribution in [0.3, 0.4) is 0 Å². The van der Waals surface area contributed by atoms with Crippen molar-refractivity contribution in [1.82, 2.24) is 0 Å². The van der Waals surface area contributed by atoms with Gasteiger partial charge in [-0.3, -0.25) is 9.59 Å². The van der Waals surface area contributed by atoms with E-state index in [4.69, 9.17) is 10.2 Å². The SMILES string of the molecule is O=C(O)c1cc(I)ccc1N1CC(C(=O)O)CC1=O. The predicted octanol–water partition coefficient (Wildman–Crippen LogP) is 1.43. The monoisotopic (exact) mass is 375 g/mol. The first-order chi connectivity index (χ1) is 8.90. The third-order valence-electron chi connectivity index (χ3n) is 2.95. The largest absolute Gasteiger partial charge is 0.481 e. The normalized spacial score (nSPS) is 18.7. The summed E-state index contributed by atoms with van der Waals surface area (Å²) < 4.78 is 0.736. The van der Waals surface area contributed by atoms with Gasteiger partial charge in [0.05, 0.1) is 17.2 Å². The van der Waals surface area contributed by atoms with E-state index in [9.17, 15) is 14.4 Å². The minimum atomic E-state index is -1.14. The standard InChI is InChI=1S/C12H10INO5/c13-7-1-2-9(8(4-7)12(18)19)14-5-6(11(16)17)3-10(14)15/h1-2,4,6H,3,5H2,(H,16,17)(H,18,19). The lowest BCUT2D eigenvalue weighted by Crippen LogP contribution is -2.27. The highest BCUT2D eigenvalue weighted by Gasteiger charge is 2.36. The molecule has 1 saturated heterocycles. The molecule has 1 heterocycles. The van der Waals surface area contributed by atoms with E-state index >= 15 is 0 Å². The summed E-state index contributed by atoms with van der Waals surface area (Å²) in [7, 11) is 0. The van der Waals surface area contributed by atoms with Gasteiger partial charge in [-0.15, -0.1) is 0 Å². The summed E-state index contributed by atoms with van der Waals surface area (Å²) >= 11 is 1.98. The molecule has 0 radical (unpaired) electrons. The van der Waals surface area contributed by atoms with Gasteiger partial charge >= 0.3 is 11.9 Å². The van der Waals surface area contributed by atoms with Gasteiger partial charge < -0.3 is 15.1 Å². The third kappa shape index (κ3) is 2.70. The zero-order valence-corrected chi connectivity index (χ0v) is 11.8. The lowest BCUT2D eigenvalue weighted by atomic mass is 10.1. The van der Waals surface area contributed by atoms with Crippen LogP contribution in [-0.2, 0) is 9.59 Å². The maximum atomic E-state index is 11.8. The first-order valence-corrected chi connectivity index (χ1v) is 6.54. The van der Waals surface area contributed by atoms with Crippen LogP contribution in [0.4, 0.5) is 5.69 Å². The van der Waals surface area contributed by atoms with Crippen LogP contribution in [0.1, 0.15) is 16.8 Å². The second-order valence-electron chi connectivity index (χ2n) is 4.21. The molecule has 19 heavy (non-hydrogen) atoms. The summed E-state index contributed by atoms with van der Waals surface area (Å²) in [5.74, 6) is -3.33. The highest BCUT2D eigenvalue weighted by atomic mass is 127. The molecule has 0 spiro atoms. The van der Waals surface area contributed by atoms with Crippen LogP contribution in [0.5, 0.6) is 0 Å². The Kier molecular flexibility index (Phi) is 3.74. The summed E-state index contributed by atoms with van der Waals surface area (Å²) in [6.07, 6.45) is -0.0968. The molecule has 1 fully saturated rings. The third-order valence-corrected chi connectivity index (χ3v) is 3.63. The highest BCUT2D eigenvalue weighted by molar-refractivity contribution is 14.1. The first-order valence-electron chi connectivity index (χ1n) is 5.46. The van der Waals surface area contributed by atoms with E-state index < -0.39 is 17.9 Å². The van der Waals surface area contributed by atoms with Gasteiger partial charge in [0.25, 0.3) is 0 Å². The Morgan fingerprint density at radius 2 is 2.00 bits per heavy atom. The average molecular weight is 375 g/mol. The first kappa shape index (κ1) is 13.8. The fourth-order valence-electron chi connectivity index (χ4n) is 2.02. The van der Waals surface area contributed by atoms with E-state index in [1.165, 1.54) is 17.0 Å². The van der Waals surface area contributed by atoms with Gasteiger partial charge in [-0.2, -0.15) is 0 Å². The number of benzene rings is 1. The Labute approximate surface area is 122 Å². The van der Waals surface area contributed by atoms with E-state index in [2.05, 4.69) is 0 Å². The maximum Gasteiger partial charge on any atom is 0.337 e. The molecule has 1 atom stereocenters. The number of aromatic carboxylic acids is 1. The van der Waals surface area contributed by atoms with Gasteiger partial charge in [0.15, 0.2) is 0 Å². The van der Waals surface area contributed by atoms with Crippen molar-refractivity contribution in [2.45, 2.75) is 6.42 Å². The molecule has 1 aliphatic rings. The molecule has 0 saturated carbocycles. The molecule has 0 aliphatic carbocycles. The molecular formula is C12H10INO5. The number of hydrogen-bond donors (Lipinski definition) is 2. The van der Waals surface area contributed by atoms with Crippen LogP contribution in [0.25, 0.3) is 0 Å². The second kappa shape index (κ2) is 5.16. The van der Waals surface area contributed by atoms with Crippen LogP contribution < -0.4 is 4.90 Å². The van der Waals surface area contributed by atoms with E-state index in [1.807, 2.05) is 22.6 Å². The Hall–Kier alpha value is -1.64. The molecule has 6 nitrogen and oxygen atoms in total. The van der Waals surface area contributed by atoms with Crippen molar-refractivity contribution in [3.63, 3.8) is 0 Å². The Balaban J connectivity index is 2.40.